The van der Waals surface area contributed by atoms with Crippen LogP contribution in [0.25, 0.3) is 0 Å². The second kappa shape index (κ2) is 9.06. The van der Waals surface area contributed by atoms with Crippen LogP contribution in [-0.4, -0.2) is 63.8 Å². The molecule has 4 unspecified atom stereocenters. The van der Waals surface area contributed by atoms with Gasteiger partial charge in [-0.3, -0.25) is 14.3 Å². The molecule has 6 atom stereocenters. The first-order chi connectivity index (χ1) is 14.0. The molecule has 7 N–H and O–H groups in total. The van der Waals surface area contributed by atoms with Crippen molar-refractivity contribution in [1.82, 2.24) is 9.55 Å². The van der Waals surface area contributed by atoms with Crippen LogP contribution in [-0.2, 0) is 38.8 Å². The van der Waals surface area contributed by atoms with Gasteiger partial charge in [0.05, 0.1) is 6.61 Å². The second-order valence-electron chi connectivity index (χ2n) is 5.85. The number of phosphoric acid groups is 2. The summed E-state index contributed by atoms with van der Waals surface area (Å²) >= 11 is 4.42. The lowest BCUT2D eigenvalue weighted by Crippen LogP contribution is -2.48. The molecule has 31 heavy (non-hydrogen) atoms. The van der Waals surface area contributed by atoms with Gasteiger partial charge in [-0.05, 0) is 11.8 Å². The number of terminal acetylenes is 1. The first-order valence-corrected chi connectivity index (χ1v) is 13.2. The Labute approximate surface area is 177 Å². The summed E-state index contributed by atoms with van der Waals surface area (Å²) in [7, 11) is -11.1. The average molecular weight is 524 g/mol. The molecule has 1 aromatic heterocycles. The Morgan fingerprint density at radius 2 is 1.90 bits per heavy atom. The highest BCUT2D eigenvalue weighted by molar-refractivity contribution is 8.08. The maximum Gasteiger partial charge on any atom is 0.488 e. The van der Waals surface area contributed by atoms with Crippen molar-refractivity contribution in [2.24, 2.45) is 0 Å². The Bertz CT molecular complexity index is 1140. The van der Waals surface area contributed by atoms with Gasteiger partial charge in [-0.2, -0.15) is 4.31 Å². The molecule has 20 heteroatoms. The van der Waals surface area contributed by atoms with E-state index in [0.717, 1.165) is 12.3 Å². The Morgan fingerprint density at radius 1 is 1.29 bits per heavy atom. The molecule has 0 radical (unpaired) electrons. The standard InChI is InChI=1S/C11H15N2O14P3S/c1-2-11(17)8(15)6(25-9(11)13-4-3-7(14)12-10(13)16)5-24-30(23,31)27-29(21,22)26-28(18,19)20/h1,3-4,6,8-9,15,17H,5H2,(H,21,22)(H,23,31)(H,12,14,16)(H2,18,19,20)/t6-,8?,9-,11?,30?/m1/s1. The Kier molecular flexibility index (Phi) is 7.66. The van der Waals surface area contributed by atoms with E-state index >= 15 is 0 Å². The molecule has 0 spiro atoms. The molecule has 0 bridgehead atoms. The van der Waals surface area contributed by atoms with Gasteiger partial charge in [0, 0.05) is 12.3 Å². The van der Waals surface area contributed by atoms with Gasteiger partial charge in [0.25, 0.3) is 5.56 Å². The largest absolute Gasteiger partial charge is 0.488 e. The van der Waals surface area contributed by atoms with Crippen molar-refractivity contribution in [1.29, 1.82) is 0 Å². The van der Waals surface area contributed by atoms with Gasteiger partial charge in [-0.15, -0.1) is 6.42 Å². The minimum Gasteiger partial charge on any atom is -0.386 e. The molecule has 0 aromatic carbocycles. The summed E-state index contributed by atoms with van der Waals surface area (Å²) in [5.41, 5.74) is -4.36. The van der Waals surface area contributed by atoms with Gasteiger partial charge >= 0.3 is 28.1 Å². The Hall–Kier alpha value is -1.05. The summed E-state index contributed by atoms with van der Waals surface area (Å²) in [4.78, 5) is 61.1. The van der Waals surface area contributed by atoms with Crippen molar-refractivity contribution >= 4 is 34.2 Å². The van der Waals surface area contributed by atoms with Crippen molar-refractivity contribution in [2.45, 2.75) is 24.0 Å². The highest BCUT2D eigenvalue weighted by atomic mass is 32.5. The van der Waals surface area contributed by atoms with Gasteiger partial charge in [0.15, 0.2) is 11.8 Å². The topological polar surface area (TPSA) is 247 Å². The molecule has 1 fully saturated rings. The molecule has 174 valence electrons. The number of rotatable bonds is 8. The van der Waals surface area contributed by atoms with E-state index in [9.17, 15) is 38.7 Å². The molecule has 2 heterocycles. The van der Waals surface area contributed by atoms with E-state index in [1.807, 2.05) is 10.9 Å². The zero-order valence-corrected chi connectivity index (χ0v) is 18.3. The van der Waals surface area contributed by atoms with E-state index in [1.54, 1.807) is 0 Å². The van der Waals surface area contributed by atoms with Crippen LogP contribution in [0.15, 0.2) is 21.9 Å². The quantitative estimate of drug-likeness (QED) is 0.139. The third kappa shape index (κ3) is 6.48. The highest BCUT2D eigenvalue weighted by Gasteiger charge is 2.56. The normalized spacial score (nSPS) is 30.3. The fourth-order valence-electron chi connectivity index (χ4n) is 2.42. The number of aliphatic hydroxyl groups excluding tert-OH is 1. The molecule has 1 aromatic rings. The summed E-state index contributed by atoms with van der Waals surface area (Å²) in [5, 5.41) is 20.9. The molecule has 0 aliphatic carbocycles. The minimum absolute atomic E-state index is 0.659. The predicted molar refractivity (Wildman–Crippen MR) is 102 cm³/mol. The SMILES string of the molecule is C#CC1(O)C(O)[C@@H](COP(O)(=S)OP(=O)(O)OP(=O)(O)O)O[C@H]1n1ccc(=O)[nH]c1=O. The highest BCUT2D eigenvalue weighted by Crippen LogP contribution is 2.66. The van der Waals surface area contributed by atoms with Gasteiger partial charge in [0.1, 0.15) is 12.2 Å². The Morgan fingerprint density at radius 3 is 2.42 bits per heavy atom. The fourth-order valence-corrected chi connectivity index (χ4v) is 6.39. The Balaban J connectivity index is 2.19. The summed E-state index contributed by atoms with van der Waals surface area (Å²) in [6, 6.07) is 0.902. The monoisotopic (exact) mass is 524 g/mol. The van der Waals surface area contributed by atoms with E-state index in [0.29, 0.717) is 4.57 Å². The summed E-state index contributed by atoms with van der Waals surface area (Å²) in [6.45, 7) is -5.67. The lowest BCUT2D eigenvalue weighted by molar-refractivity contribution is -0.0757. The number of aliphatic hydroxyl groups is 2. The van der Waals surface area contributed by atoms with Crippen molar-refractivity contribution in [3.63, 3.8) is 0 Å². The number of hydrogen-bond acceptors (Lipinski definition) is 11. The third-order valence-electron chi connectivity index (χ3n) is 3.64. The van der Waals surface area contributed by atoms with Gasteiger partial charge < -0.3 is 39.0 Å². The molecular formula is C11H15N2O14P3S. The molecule has 1 aliphatic heterocycles. The molecular weight excluding hydrogens is 509 g/mol. The minimum atomic E-state index is -5.57. The zero-order chi connectivity index (χ0) is 23.8. The summed E-state index contributed by atoms with van der Waals surface area (Å²) in [5.74, 6) is 1.84. The third-order valence-corrected chi connectivity index (χ3v) is 8.35. The van der Waals surface area contributed by atoms with Crippen LogP contribution in [0.4, 0.5) is 0 Å². The van der Waals surface area contributed by atoms with E-state index in [2.05, 4.69) is 25.0 Å². The van der Waals surface area contributed by atoms with Gasteiger partial charge in [-0.25, -0.2) is 18.2 Å². The van der Waals surface area contributed by atoms with Crippen LogP contribution in [0.5, 0.6) is 0 Å². The first-order valence-electron chi connectivity index (χ1n) is 7.63. The van der Waals surface area contributed by atoms with Crippen molar-refractivity contribution in [3.05, 3.63) is 33.1 Å². The van der Waals surface area contributed by atoms with Gasteiger partial charge in [-0.1, -0.05) is 5.92 Å². The number of aromatic nitrogens is 2. The number of hydrogen-bond donors (Lipinski definition) is 7. The number of aromatic amines is 1. The molecule has 16 nitrogen and oxygen atoms in total. The maximum absolute atomic E-state index is 12.0. The fraction of sp³-hybridized carbons (Fsp3) is 0.455. The number of nitrogens with zero attached hydrogens (tertiary/aromatic N) is 1. The first kappa shape index (κ1) is 26.2. The lowest BCUT2D eigenvalue weighted by Gasteiger charge is -2.26. The smallest absolute Gasteiger partial charge is 0.386 e. The van der Waals surface area contributed by atoms with Crippen molar-refractivity contribution in [2.75, 3.05) is 6.61 Å². The summed E-state index contributed by atoms with van der Waals surface area (Å²) in [6.07, 6.45) is 0.836. The van der Waals surface area contributed by atoms with E-state index in [1.165, 1.54) is 0 Å². The van der Waals surface area contributed by atoms with E-state index in [4.69, 9.17) is 20.9 Å². The molecule has 0 saturated carbocycles. The predicted octanol–water partition coefficient (Wildman–Crippen LogP) is -2.38. The molecule has 2 rings (SSSR count). The molecule has 1 saturated heterocycles. The zero-order valence-electron chi connectivity index (χ0n) is 14.8. The average Bonchev–Trinajstić information content (AvgIpc) is 2.82. The van der Waals surface area contributed by atoms with E-state index < -0.39 is 64.3 Å². The number of H-pyrrole nitrogens is 1. The van der Waals surface area contributed by atoms with Crippen molar-refractivity contribution in [3.8, 4) is 12.3 Å². The summed E-state index contributed by atoms with van der Waals surface area (Å²) < 4.78 is 40.3. The lowest BCUT2D eigenvalue weighted by atomic mass is 9.95. The van der Waals surface area contributed by atoms with Crippen LogP contribution in [0, 0.1) is 12.3 Å². The van der Waals surface area contributed by atoms with Crippen molar-refractivity contribution < 1.29 is 56.8 Å². The van der Waals surface area contributed by atoms with Crippen LogP contribution >= 0.6 is 22.4 Å². The maximum atomic E-state index is 12.0. The second-order valence-corrected chi connectivity index (χ2v) is 11.6. The number of ether oxygens (including phenoxy) is 1. The molecule has 1 aliphatic rings. The van der Waals surface area contributed by atoms with Crippen LogP contribution in [0.3, 0.4) is 0 Å². The van der Waals surface area contributed by atoms with Gasteiger partial charge in [0.2, 0.25) is 0 Å². The number of nitrogens with one attached hydrogen (secondary N) is 1. The van der Waals surface area contributed by atoms with Crippen LogP contribution in [0.1, 0.15) is 6.23 Å². The van der Waals surface area contributed by atoms with Crippen LogP contribution < -0.4 is 11.2 Å². The van der Waals surface area contributed by atoms with Crippen LogP contribution in [0.2, 0.25) is 0 Å². The van der Waals surface area contributed by atoms with E-state index in [-0.39, 0.29) is 0 Å². The molecule has 0 amide bonds.